The van der Waals surface area contributed by atoms with Crippen LogP contribution in [0.3, 0.4) is 0 Å². The molecule has 1 saturated heterocycles. The molecule has 0 saturated carbocycles. The van der Waals surface area contributed by atoms with E-state index in [1.807, 2.05) is 66.9 Å². The topological polar surface area (TPSA) is 103 Å². The molecule has 0 spiro atoms. The number of methoxy groups -OCH3 is 1. The molecule has 176 valence electrons. The fraction of sp³-hybridized carbons (Fsp3) is 0.115. The number of aromatic nitrogens is 1. The van der Waals surface area contributed by atoms with Gasteiger partial charge in [0.1, 0.15) is 18.1 Å². The molecule has 0 radical (unpaired) electrons. The maximum absolute atomic E-state index is 13.5. The second-order valence-corrected chi connectivity index (χ2v) is 8.88. The van der Waals surface area contributed by atoms with Crippen LogP contribution in [0.4, 0.5) is 5.69 Å². The highest BCUT2D eigenvalue weighted by Crippen LogP contribution is 2.36. The highest BCUT2D eigenvalue weighted by atomic mass is 32.2. The first kappa shape index (κ1) is 22.5. The predicted octanol–water partition coefficient (Wildman–Crippen LogP) is 4.53. The third-order valence-electron chi connectivity index (χ3n) is 5.51. The number of thioether (sulfide) groups is 1. The Morgan fingerprint density at radius 1 is 1.14 bits per heavy atom. The number of ether oxygens (including phenoxy) is 1. The van der Waals surface area contributed by atoms with Crippen LogP contribution in [-0.4, -0.2) is 33.6 Å². The van der Waals surface area contributed by atoms with Crippen molar-refractivity contribution in [3.63, 3.8) is 0 Å². The van der Waals surface area contributed by atoms with E-state index in [-0.39, 0.29) is 19.0 Å². The SMILES string of the molecule is COc1ccc(N=C2SC(=Cc3cn(CC(N)=O)c4ccccc34)C(=O)N2Cc2ccco2)cc1. The van der Waals surface area contributed by atoms with Crippen LogP contribution >= 0.6 is 11.8 Å². The Bertz CT molecular complexity index is 1450. The van der Waals surface area contributed by atoms with Gasteiger partial charge in [-0.25, -0.2) is 4.99 Å². The fourth-order valence-corrected chi connectivity index (χ4v) is 4.88. The smallest absolute Gasteiger partial charge is 0.267 e. The van der Waals surface area contributed by atoms with Crippen molar-refractivity contribution in [1.82, 2.24) is 9.47 Å². The zero-order chi connectivity index (χ0) is 24.4. The predicted molar refractivity (Wildman–Crippen MR) is 136 cm³/mol. The Morgan fingerprint density at radius 2 is 1.94 bits per heavy atom. The third-order valence-corrected chi connectivity index (χ3v) is 6.52. The Balaban J connectivity index is 1.54. The molecule has 3 heterocycles. The van der Waals surface area contributed by atoms with E-state index in [2.05, 4.69) is 0 Å². The molecule has 2 aromatic carbocycles. The summed E-state index contributed by atoms with van der Waals surface area (Å²) in [5.74, 6) is 0.769. The maximum Gasteiger partial charge on any atom is 0.267 e. The maximum atomic E-state index is 13.5. The molecule has 1 fully saturated rings. The van der Waals surface area contributed by atoms with Gasteiger partial charge in [-0.05, 0) is 60.3 Å². The van der Waals surface area contributed by atoms with E-state index < -0.39 is 5.91 Å². The number of para-hydroxylation sites is 1. The highest BCUT2D eigenvalue weighted by molar-refractivity contribution is 8.18. The number of rotatable bonds is 7. The van der Waals surface area contributed by atoms with E-state index in [1.165, 1.54) is 11.8 Å². The van der Waals surface area contributed by atoms with Crippen molar-refractivity contribution < 1.29 is 18.7 Å². The molecule has 4 aromatic rings. The summed E-state index contributed by atoms with van der Waals surface area (Å²) in [5, 5.41) is 1.47. The number of hydrogen-bond donors (Lipinski definition) is 1. The molecule has 5 rings (SSSR count). The Kier molecular flexibility index (Phi) is 6.15. The summed E-state index contributed by atoms with van der Waals surface area (Å²) in [4.78, 5) is 31.9. The first-order chi connectivity index (χ1) is 17.0. The van der Waals surface area contributed by atoms with Crippen molar-refractivity contribution >= 4 is 51.4 Å². The number of hydrogen-bond acceptors (Lipinski definition) is 6. The van der Waals surface area contributed by atoms with Crippen molar-refractivity contribution in [3.05, 3.63) is 89.4 Å². The van der Waals surface area contributed by atoms with Crippen LogP contribution in [0.1, 0.15) is 11.3 Å². The summed E-state index contributed by atoms with van der Waals surface area (Å²) in [6.45, 7) is 0.314. The zero-order valence-corrected chi connectivity index (χ0v) is 19.7. The van der Waals surface area contributed by atoms with E-state index in [9.17, 15) is 9.59 Å². The van der Waals surface area contributed by atoms with Gasteiger partial charge in [0.25, 0.3) is 5.91 Å². The lowest BCUT2D eigenvalue weighted by atomic mass is 10.1. The lowest BCUT2D eigenvalue weighted by Gasteiger charge is -2.13. The number of carbonyl (C=O) groups is 2. The molecule has 0 unspecified atom stereocenters. The van der Waals surface area contributed by atoms with Crippen LogP contribution in [0.2, 0.25) is 0 Å². The van der Waals surface area contributed by atoms with Crippen molar-refractivity contribution in [2.45, 2.75) is 13.1 Å². The van der Waals surface area contributed by atoms with E-state index in [1.54, 1.807) is 28.9 Å². The number of nitrogens with zero attached hydrogens (tertiary/aromatic N) is 3. The molecule has 0 aliphatic carbocycles. The van der Waals surface area contributed by atoms with Gasteiger partial charge in [-0.2, -0.15) is 0 Å². The molecular formula is C26H22N4O4S. The molecule has 1 aliphatic rings. The van der Waals surface area contributed by atoms with Gasteiger partial charge in [0.15, 0.2) is 5.17 Å². The van der Waals surface area contributed by atoms with Gasteiger partial charge < -0.3 is 19.5 Å². The molecule has 0 bridgehead atoms. The molecule has 9 heteroatoms. The molecule has 8 nitrogen and oxygen atoms in total. The third kappa shape index (κ3) is 4.71. The van der Waals surface area contributed by atoms with E-state index >= 15 is 0 Å². The normalized spacial score (nSPS) is 16.0. The Morgan fingerprint density at radius 3 is 2.66 bits per heavy atom. The summed E-state index contributed by atoms with van der Waals surface area (Å²) in [5.41, 5.74) is 7.82. The number of amidine groups is 1. The number of nitrogens with two attached hydrogens (primary N) is 1. The zero-order valence-electron chi connectivity index (χ0n) is 18.9. The van der Waals surface area contributed by atoms with Gasteiger partial charge in [-0.1, -0.05) is 18.2 Å². The van der Waals surface area contributed by atoms with Gasteiger partial charge in [-0.3, -0.25) is 14.5 Å². The lowest BCUT2D eigenvalue weighted by Crippen LogP contribution is -2.28. The van der Waals surface area contributed by atoms with Crippen LogP contribution in [-0.2, 0) is 22.7 Å². The number of carbonyl (C=O) groups excluding carboxylic acids is 2. The number of fused-ring (bicyclic) bond motifs is 1. The number of amides is 2. The van der Waals surface area contributed by atoms with Gasteiger partial charge in [-0.15, -0.1) is 0 Å². The number of aliphatic imine (C=N–C) groups is 1. The lowest BCUT2D eigenvalue weighted by molar-refractivity contribution is -0.122. The molecule has 2 N–H and O–H groups in total. The molecule has 2 aromatic heterocycles. The minimum absolute atomic E-state index is 0.0551. The van der Waals surface area contributed by atoms with E-state index in [0.29, 0.717) is 21.5 Å². The minimum atomic E-state index is -0.435. The van der Waals surface area contributed by atoms with Gasteiger partial charge in [0, 0.05) is 22.7 Å². The van der Waals surface area contributed by atoms with Crippen molar-refractivity contribution in [1.29, 1.82) is 0 Å². The van der Waals surface area contributed by atoms with Gasteiger partial charge in [0.2, 0.25) is 5.91 Å². The average molecular weight is 487 g/mol. The molecule has 1 aliphatic heterocycles. The quantitative estimate of drug-likeness (QED) is 0.387. The highest BCUT2D eigenvalue weighted by Gasteiger charge is 2.34. The van der Waals surface area contributed by atoms with Crippen molar-refractivity contribution in [2.75, 3.05) is 7.11 Å². The second-order valence-electron chi connectivity index (χ2n) is 7.87. The number of furan rings is 1. The van der Waals surface area contributed by atoms with Crippen LogP contribution in [0, 0.1) is 0 Å². The summed E-state index contributed by atoms with van der Waals surface area (Å²) in [6, 6.07) is 18.6. The largest absolute Gasteiger partial charge is 0.497 e. The first-order valence-corrected chi connectivity index (χ1v) is 11.7. The average Bonchev–Trinajstić information content (AvgIpc) is 3.56. The number of primary amides is 1. The monoisotopic (exact) mass is 486 g/mol. The van der Waals surface area contributed by atoms with Gasteiger partial charge in [0.05, 0.1) is 30.5 Å². The number of benzene rings is 2. The minimum Gasteiger partial charge on any atom is -0.497 e. The molecule has 35 heavy (non-hydrogen) atoms. The van der Waals surface area contributed by atoms with Crippen molar-refractivity contribution in [2.24, 2.45) is 10.7 Å². The van der Waals surface area contributed by atoms with Gasteiger partial charge >= 0.3 is 0 Å². The van der Waals surface area contributed by atoms with E-state index in [0.717, 1.165) is 22.2 Å². The standard InChI is InChI=1S/C26H22N4O4S/c1-33-19-10-8-18(9-11-19)28-26-30(15-20-5-4-12-34-20)25(32)23(35-26)13-17-14-29(16-24(27)31)22-7-3-2-6-21(17)22/h2-14H,15-16H2,1H3,(H2,27,31). The van der Waals surface area contributed by atoms with E-state index in [4.69, 9.17) is 19.9 Å². The molecular weight excluding hydrogens is 464 g/mol. The molecule has 2 amide bonds. The first-order valence-electron chi connectivity index (χ1n) is 10.8. The summed E-state index contributed by atoms with van der Waals surface area (Å²) in [7, 11) is 1.61. The second kappa shape index (κ2) is 9.55. The Hall–Kier alpha value is -4.24. The van der Waals surface area contributed by atoms with Crippen LogP contribution in [0.5, 0.6) is 5.75 Å². The summed E-state index contributed by atoms with van der Waals surface area (Å²) in [6.07, 6.45) is 5.25. The Labute approximate surface area is 205 Å². The fourth-order valence-electron chi connectivity index (χ4n) is 3.89. The summed E-state index contributed by atoms with van der Waals surface area (Å²) >= 11 is 1.29. The van der Waals surface area contributed by atoms with Crippen LogP contribution < -0.4 is 10.5 Å². The summed E-state index contributed by atoms with van der Waals surface area (Å²) < 4.78 is 12.5. The van der Waals surface area contributed by atoms with Crippen molar-refractivity contribution in [3.8, 4) is 5.75 Å². The van der Waals surface area contributed by atoms with Crippen LogP contribution in [0.15, 0.2) is 87.4 Å². The van der Waals surface area contributed by atoms with Crippen LogP contribution in [0.25, 0.3) is 17.0 Å². The molecule has 0 atom stereocenters.